The minimum atomic E-state index is -1.67. The van der Waals surface area contributed by atoms with Crippen LogP contribution < -0.4 is 21.7 Å². The highest BCUT2D eigenvalue weighted by Gasteiger charge is 2.37. The van der Waals surface area contributed by atoms with Gasteiger partial charge in [0.25, 0.3) is 11.8 Å². The van der Waals surface area contributed by atoms with Crippen LogP contribution in [0, 0.1) is 0 Å². The summed E-state index contributed by atoms with van der Waals surface area (Å²) >= 11 is 1.51. The van der Waals surface area contributed by atoms with Crippen molar-refractivity contribution < 1.29 is 29.1 Å². The van der Waals surface area contributed by atoms with Gasteiger partial charge >= 0.3 is 0 Å². The number of thioether (sulfide) groups is 1. The molecule has 1 aliphatic rings. The van der Waals surface area contributed by atoms with Gasteiger partial charge in [0.2, 0.25) is 5.91 Å². The Balaban J connectivity index is 3.24. The maximum Gasteiger partial charge on any atom is 0.258 e. The first-order valence-corrected chi connectivity index (χ1v) is 11.7. The second kappa shape index (κ2) is 14.0. The number of likely N-dealkylation sites (N-methyl/N-ethyl adjacent to an activating group) is 1. The zero-order valence-electron chi connectivity index (χ0n) is 18.6. The van der Waals surface area contributed by atoms with E-state index in [9.17, 15) is 29.1 Å². The second-order valence-corrected chi connectivity index (χ2v) is 8.52. The van der Waals surface area contributed by atoms with E-state index in [1.165, 1.54) is 30.6 Å². The predicted molar refractivity (Wildman–Crippen MR) is 121 cm³/mol. The minimum absolute atomic E-state index is 0.0887. The summed E-state index contributed by atoms with van der Waals surface area (Å²) in [6, 6.07) is -3.82. The Morgan fingerprint density at radius 1 is 1.38 bits per heavy atom. The van der Waals surface area contributed by atoms with Gasteiger partial charge in [-0.3, -0.25) is 24.5 Å². The summed E-state index contributed by atoms with van der Waals surface area (Å²) in [5.41, 5.74) is 5.73. The Bertz CT molecular complexity index is 717. The summed E-state index contributed by atoms with van der Waals surface area (Å²) in [6.07, 6.45) is 4.14. The van der Waals surface area contributed by atoms with Crippen LogP contribution in [0.5, 0.6) is 0 Å². The molecular formula is C20H33N5O6S. The molecule has 12 heteroatoms. The van der Waals surface area contributed by atoms with Gasteiger partial charge in [-0.05, 0) is 31.8 Å². The first kappa shape index (κ1) is 27.8. The first-order valence-electron chi connectivity index (χ1n) is 10.3. The van der Waals surface area contributed by atoms with E-state index in [4.69, 9.17) is 5.73 Å². The van der Waals surface area contributed by atoms with Crippen LogP contribution in [0.3, 0.4) is 0 Å². The molecule has 1 heterocycles. The second-order valence-electron chi connectivity index (χ2n) is 7.53. The Labute approximate surface area is 191 Å². The normalized spacial score (nSPS) is 23.7. The van der Waals surface area contributed by atoms with Gasteiger partial charge in [-0.2, -0.15) is 11.8 Å². The van der Waals surface area contributed by atoms with E-state index in [2.05, 4.69) is 16.0 Å². The molecule has 0 aromatic carbocycles. The molecule has 0 bridgehead atoms. The maximum atomic E-state index is 13.0. The number of amides is 3. The number of aldehydes is 1. The van der Waals surface area contributed by atoms with E-state index >= 15 is 0 Å². The molecule has 0 spiro atoms. The summed E-state index contributed by atoms with van der Waals surface area (Å²) in [4.78, 5) is 63.7. The SMILES string of the molecule is CSCC[C@H](C=O)N[C@@H]1NC(=O)CCC=CCN(C)C(=O)[C@H](C(=O)[C@@H](N)[C@H](C)O)NC1=O. The molecule has 1 rings (SSSR count). The Morgan fingerprint density at radius 3 is 2.66 bits per heavy atom. The quantitative estimate of drug-likeness (QED) is 0.144. The number of hydrogen-bond donors (Lipinski definition) is 5. The molecule has 0 aliphatic carbocycles. The van der Waals surface area contributed by atoms with Gasteiger partial charge in [-0.15, -0.1) is 0 Å². The van der Waals surface area contributed by atoms with E-state index in [1.54, 1.807) is 12.2 Å². The molecule has 6 N–H and O–H groups in total. The summed E-state index contributed by atoms with van der Waals surface area (Å²) in [7, 11) is 1.45. The third kappa shape index (κ3) is 8.69. The summed E-state index contributed by atoms with van der Waals surface area (Å²) < 4.78 is 0. The summed E-state index contributed by atoms with van der Waals surface area (Å²) in [5, 5.41) is 17.3. The number of nitrogens with two attached hydrogens (primary N) is 1. The number of nitrogens with zero attached hydrogens (tertiary/aromatic N) is 1. The Kier molecular flexibility index (Phi) is 12.1. The number of carbonyl (C=O) groups is 5. The number of hydrogen-bond acceptors (Lipinski definition) is 9. The van der Waals surface area contributed by atoms with E-state index in [0.717, 1.165) is 0 Å². The summed E-state index contributed by atoms with van der Waals surface area (Å²) in [6.45, 7) is 1.44. The molecule has 3 amide bonds. The standard InChI is InChI=1S/C20H33N5O6S/c1-12(27)15(21)17(29)16-20(31)25(2)9-6-4-5-7-14(28)23-18(19(30)24-16)22-13(11-26)8-10-32-3/h4,6,11-13,15-16,18,22,27H,5,7-10,21H2,1-3H3,(H,23,28)(H,24,30)/t12-,13+,15-,16-,18+/m0/s1. The van der Waals surface area contributed by atoms with Crippen LogP contribution in [0.1, 0.15) is 26.2 Å². The van der Waals surface area contributed by atoms with Gasteiger partial charge in [-0.1, -0.05) is 12.2 Å². The van der Waals surface area contributed by atoms with Crippen LogP contribution in [-0.4, -0.2) is 95.8 Å². The minimum Gasteiger partial charge on any atom is -0.391 e. The lowest BCUT2D eigenvalue weighted by Crippen LogP contribution is -2.64. The van der Waals surface area contributed by atoms with Crippen LogP contribution >= 0.6 is 11.8 Å². The van der Waals surface area contributed by atoms with Crippen molar-refractivity contribution in [3.05, 3.63) is 12.2 Å². The molecule has 0 unspecified atom stereocenters. The number of Topliss-reactive ketones (excluding diaryl/α,β-unsaturated/α-hetero) is 1. The van der Waals surface area contributed by atoms with Gasteiger partial charge in [0.1, 0.15) is 6.29 Å². The summed E-state index contributed by atoms with van der Waals surface area (Å²) in [5.74, 6) is -2.28. The highest BCUT2D eigenvalue weighted by molar-refractivity contribution is 7.98. The number of aliphatic hydroxyl groups excluding tert-OH is 1. The molecule has 0 saturated heterocycles. The lowest BCUT2D eigenvalue weighted by atomic mass is 10.0. The Morgan fingerprint density at radius 2 is 2.06 bits per heavy atom. The Hall–Kier alpha value is -2.28. The smallest absolute Gasteiger partial charge is 0.258 e. The van der Waals surface area contributed by atoms with E-state index in [-0.39, 0.29) is 13.0 Å². The number of rotatable bonds is 9. The van der Waals surface area contributed by atoms with Crippen molar-refractivity contribution in [2.24, 2.45) is 5.73 Å². The largest absolute Gasteiger partial charge is 0.391 e. The zero-order valence-corrected chi connectivity index (χ0v) is 19.4. The zero-order chi connectivity index (χ0) is 24.3. The number of ketones is 1. The average molecular weight is 472 g/mol. The molecule has 0 saturated carbocycles. The molecule has 0 aromatic heterocycles. The van der Waals surface area contributed by atoms with Crippen molar-refractivity contribution in [3.63, 3.8) is 0 Å². The van der Waals surface area contributed by atoms with Crippen molar-refractivity contribution >= 4 is 41.6 Å². The van der Waals surface area contributed by atoms with E-state index < -0.39 is 53.9 Å². The molecule has 0 radical (unpaired) electrons. The van der Waals surface area contributed by atoms with Gasteiger partial charge in [-0.25, -0.2) is 0 Å². The average Bonchev–Trinajstić information content (AvgIpc) is 2.77. The van der Waals surface area contributed by atoms with Gasteiger partial charge in [0, 0.05) is 20.0 Å². The lowest BCUT2D eigenvalue weighted by molar-refractivity contribution is -0.142. The van der Waals surface area contributed by atoms with Gasteiger partial charge in [0.15, 0.2) is 18.0 Å². The van der Waals surface area contributed by atoms with E-state index in [0.29, 0.717) is 24.9 Å². The number of carbonyl (C=O) groups excluding carboxylic acids is 5. The van der Waals surface area contributed by atoms with Gasteiger partial charge in [0.05, 0.1) is 18.2 Å². The highest BCUT2D eigenvalue weighted by atomic mass is 32.2. The van der Waals surface area contributed by atoms with Crippen molar-refractivity contribution in [3.8, 4) is 0 Å². The fourth-order valence-corrected chi connectivity index (χ4v) is 3.34. The van der Waals surface area contributed by atoms with Gasteiger partial charge < -0.3 is 31.2 Å². The molecular weight excluding hydrogens is 438 g/mol. The highest BCUT2D eigenvalue weighted by Crippen LogP contribution is 2.05. The van der Waals surface area contributed by atoms with Crippen molar-refractivity contribution in [2.45, 2.75) is 56.6 Å². The van der Waals surface area contributed by atoms with Crippen LogP contribution in [0.2, 0.25) is 0 Å². The fraction of sp³-hybridized carbons (Fsp3) is 0.650. The molecule has 1 aliphatic heterocycles. The molecule has 11 nitrogen and oxygen atoms in total. The van der Waals surface area contributed by atoms with Crippen LogP contribution in [0.4, 0.5) is 0 Å². The van der Waals surface area contributed by atoms with Crippen LogP contribution in [-0.2, 0) is 24.0 Å². The molecule has 0 aromatic rings. The van der Waals surface area contributed by atoms with E-state index in [1.807, 2.05) is 6.26 Å². The fourth-order valence-electron chi connectivity index (χ4n) is 2.85. The van der Waals surface area contributed by atoms with Crippen LogP contribution in [0.25, 0.3) is 0 Å². The van der Waals surface area contributed by atoms with Crippen molar-refractivity contribution in [1.82, 2.24) is 20.9 Å². The third-order valence-corrected chi connectivity index (χ3v) is 5.52. The number of allylic oxidation sites excluding steroid dienone is 1. The predicted octanol–water partition coefficient (Wildman–Crippen LogP) is -2.09. The molecule has 5 atom stereocenters. The molecule has 180 valence electrons. The topological polar surface area (TPSA) is 171 Å². The first-order chi connectivity index (χ1) is 15.1. The molecule has 0 fully saturated rings. The molecule has 32 heavy (non-hydrogen) atoms. The van der Waals surface area contributed by atoms with Crippen molar-refractivity contribution in [1.29, 1.82) is 0 Å². The van der Waals surface area contributed by atoms with Crippen LogP contribution in [0.15, 0.2) is 12.2 Å². The van der Waals surface area contributed by atoms with Crippen molar-refractivity contribution in [2.75, 3.05) is 25.6 Å². The monoisotopic (exact) mass is 471 g/mol. The maximum absolute atomic E-state index is 13.0. The lowest BCUT2D eigenvalue weighted by Gasteiger charge is -2.28. The third-order valence-electron chi connectivity index (χ3n) is 4.87. The number of aliphatic hydroxyl groups is 1. The number of nitrogens with one attached hydrogen (secondary N) is 3.